The Morgan fingerprint density at radius 2 is 0.671 bits per heavy atom. The molecular formula is C51H54N2O17. The van der Waals surface area contributed by atoms with Crippen molar-refractivity contribution in [2.75, 3.05) is 0 Å². The second kappa shape index (κ2) is 17.3. The minimum Gasteiger partial charge on any atom is -0.509 e. The van der Waals surface area contributed by atoms with E-state index in [2.05, 4.69) is 6.58 Å². The summed E-state index contributed by atoms with van der Waals surface area (Å²) in [5.74, 6) is -13.7. The normalized spacial score (nSPS) is 12.2. The van der Waals surface area contributed by atoms with Gasteiger partial charge in [0.25, 0.3) is 0 Å². The molecule has 0 atom stereocenters. The average molecular weight is 967 g/mol. The van der Waals surface area contributed by atoms with Gasteiger partial charge in [-0.15, -0.1) is 0 Å². The first-order valence-corrected chi connectivity index (χ1v) is 21.4. The summed E-state index contributed by atoms with van der Waals surface area (Å²) in [5.41, 5.74) is -2.52. The molecular weight excluding hydrogens is 913 g/mol. The fraction of sp³-hybridized carbons (Fsp3) is 0.216. The van der Waals surface area contributed by atoms with E-state index in [9.17, 15) is 71.5 Å². The van der Waals surface area contributed by atoms with Gasteiger partial charge in [-0.2, -0.15) is 0 Å². The molecule has 17 N–H and O–H groups in total. The van der Waals surface area contributed by atoms with Gasteiger partial charge in [0.05, 0.1) is 21.5 Å². The number of nitrogens with zero attached hydrogens (tertiary/aromatic N) is 2. The minimum absolute atomic E-state index is 0.112. The van der Waals surface area contributed by atoms with E-state index in [4.69, 9.17) is 15.3 Å². The Morgan fingerprint density at radius 1 is 0.400 bits per heavy atom. The fourth-order valence-corrected chi connectivity index (χ4v) is 8.60. The number of phenolic OH excluding ortho intramolecular Hbond substituents is 14. The summed E-state index contributed by atoms with van der Waals surface area (Å²) in [7, 11) is 0. The van der Waals surface area contributed by atoms with Gasteiger partial charge < -0.3 is 95.9 Å². The van der Waals surface area contributed by atoms with E-state index in [1.165, 1.54) is 31.2 Å². The third kappa shape index (κ3) is 7.47. The van der Waals surface area contributed by atoms with E-state index in [0.717, 1.165) is 9.13 Å². The van der Waals surface area contributed by atoms with Crippen LogP contribution in [-0.4, -0.2) is 95.9 Å². The molecule has 0 radical (unpaired) electrons. The zero-order valence-corrected chi connectivity index (χ0v) is 39.3. The Labute approximate surface area is 398 Å². The Balaban J connectivity index is 0.000000732. The smallest absolute Gasteiger partial charge is 0.206 e. The molecule has 0 aliphatic carbocycles. The molecule has 0 saturated heterocycles. The van der Waals surface area contributed by atoms with Gasteiger partial charge in [0.15, 0.2) is 57.5 Å². The highest BCUT2D eigenvalue weighted by Gasteiger charge is 2.37. The van der Waals surface area contributed by atoms with Gasteiger partial charge >= 0.3 is 0 Å². The number of phenols is 14. The van der Waals surface area contributed by atoms with Crippen LogP contribution in [0.15, 0.2) is 72.4 Å². The van der Waals surface area contributed by atoms with Crippen LogP contribution in [-0.2, 0) is 10.8 Å². The van der Waals surface area contributed by atoms with Crippen LogP contribution in [0.1, 0.15) is 73.4 Å². The summed E-state index contributed by atoms with van der Waals surface area (Å²) in [6, 6.07) is 12.5. The highest BCUT2D eigenvalue weighted by molar-refractivity contribution is 6.22. The molecule has 8 rings (SSSR count). The van der Waals surface area contributed by atoms with Crippen molar-refractivity contribution in [3.8, 4) is 103 Å². The molecule has 0 unspecified atom stereocenters. The number of allylic oxidation sites excluding steroid dienone is 1. The molecule has 19 nitrogen and oxygen atoms in total. The predicted octanol–water partition coefficient (Wildman–Crippen LogP) is 10.5. The zero-order chi connectivity index (χ0) is 52.7. The number of benzene rings is 6. The molecule has 0 aliphatic rings. The van der Waals surface area contributed by atoms with Gasteiger partial charge in [-0.05, 0) is 53.1 Å². The van der Waals surface area contributed by atoms with E-state index >= 15 is 0 Å². The first-order chi connectivity index (χ1) is 32.5. The molecule has 0 bridgehead atoms. The minimum atomic E-state index is -1.11. The van der Waals surface area contributed by atoms with Crippen molar-refractivity contribution in [1.29, 1.82) is 0 Å². The lowest BCUT2D eigenvalue weighted by atomic mass is 9.84. The van der Waals surface area contributed by atoms with Crippen molar-refractivity contribution in [3.63, 3.8) is 0 Å². The summed E-state index contributed by atoms with van der Waals surface area (Å²) in [5, 5.41) is 180. The third-order valence-electron chi connectivity index (χ3n) is 11.6. The summed E-state index contributed by atoms with van der Waals surface area (Å²) < 4.78 is 2.32. The Morgan fingerprint density at radius 3 is 0.929 bits per heavy atom. The monoisotopic (exact) mass is 966 g/mol. The molecule has 6 aromatic carbocycles. The van der Waals surface area contributed by atoms with Crippen molar-refractivity contribution in [2.45, 2.75) is 73.1 Å². The number of aliphatic hydroxyl groups excluding tert-OH is 3. The molecule has 2 heterocycles. The van der Waals surface area contributed by atoms with Crippen LogP contribution >= 0.6 is 0 Å². The van der Waals surface area contributed by atoms with E-state index in [-0.39, 0.29) is 71.9 Å². The molecule has 0 fully saturated rings. The molecule has 0 aliphatic heterocycles. The van der Waals surface area contributed by atoms with Crippen LogP contribution < -0.4 is 0 Å². The SMILES string of the molecule is C=C(O)/C(O)=C(\C)O.CC.CC(C)(C)c1c(O)c(O)c2c(c1O)c1c(O)c(O)c(O)c(O)c1n2-c1cccc(-c2cccc(-n3c4c(O)c(O)c(O)c(O)c4c4c(O)c(C(C)(C)C)c(O)c(O)c43)c2)c1. The zero-order valence-electron chi connectivity index (χ0n) is 39.3. The van der Waals surface area contributed by atoms with Gasteiger partial charge in [0, 0.05) is 22.5 Å². The molecule has 0 spiro atoms. The van der Waals surface area contributed by atoms with Crippen LogP contribution in [0.5, 0.6) is 80.5 Å². The van der Waals surface area contributed by atoms with Crippen LogP contribution in [0.4, 0.5) is 0 Å². The van der Waals surface area contributed by atoms with Gasteiger partial charge in [0.1, 0.15) is 39.3 Å². The van der Waals surface area contributed by atoms with Crippen molar-refractivity contribution in [2.24, 2.45) is 0 Å². The topological polar surface area (TPSA) is 354 Å². The van der Waals surface area contributed by atoms with Crippen LogP contribution in [0.2, 0.25) is 0 Å². The van der Waals surface area contributed by atoms with E-state index in [0.29, 0.717) is 11.1 Å². The van der Waals surface area contributed by atoms with Gasteiger partial charge in [-0.3, -0.25) is 0 Å². The lowest BCUT2D eigenvalue weighted by Crippen LogP contribution is -2.12. The van der Waals surface area contributed by atoms with E-state index in [1.807, 2.05) is 13.8 Å². The Hall–Kier alpha value is -9.00. The predicted molar refractivity (Wildman–Crippen MR) is 262 cm³/mol. The summed E-state index contributed by atoms with van der Waals surface area (Å²) in [6.45, 7) is 18.1. The lowest BCUT2D eigenvalue weighted by molar-refractivity contribution is 0.286. The molecule has 70 heavy (non-hydrogen) atoms. The number of aromatic hydroxyl groups is 14. The third-order valence-corrected chi connectivity index (χ3v) is 11.6. The second-order valence-electron chi connectivity index (χ2n) is 18.2. The first kappa shape index (κ1) is 50.4. The standard InChI is InChI=1S/C44H40N2O14.C5H8O3.C2H6/c1-43(2,3)23-29(47)19-21-27(37(55)41(59)39(57)31(21)49)45(25(19)35(53)33(23)51)17-11-7-9-15(13-17)16-10-8-12-18(14-16)46-26-20(22-28(46)38(56)42(60)40(58)32(22)50)30(48)24(44(4,5)6)34(52)36(26)54;1-3(6)5(8)4(2)7;1-2/h7-14,47-60H,1-6H3;6-8H,1H2,2H3;1-2H3/b;5-4-;. The number of fused-ring (bicyclic) bond motifs is 6. The largest absolute Gasteiger partial charge is 0.509 e. The van der Waals surface area contributed by atoms with Crippen LogP contribution in [0.3, 0.4) is 0 Å². The molecule has 0 amide bonds. The Kier molecular flexibility index (Phi) is 12.4. The van der Waals surface area contributed by atoms with Gasteiger partial charge in [-0.1, -0.05) is 86.2 Å². The average Bonchev–Trinajstić information content (AvgIpc) is 3.86. The van der Waals surface area contributed by atoms with Crippen molar-refractivity contribution >= 4 is 43.6 Å². The molecule has 2 aromatic heterocycles. The maximum atomic E-state index is 11.7. The number of aliphatic hydroxyl groups is 3. The van der Waals surface area contributed by atoms with Crippen molar-refractivity contribution in [3.05, 3.63) is 83.5 Å². The number of aromatic nitrogens is 2. The fourth-order valence-electron chi connectivity index (χ4n) is 8.60. The molecule has 0 saturated carbocycles. The van der Waals surface area contributed by atoms with Crippen LogP contribution in [0.25, 0.3) is 66.1 Å². The van der Waals surface area contributed by atoms with E-state index < -0.39 is 103 Å². The van der Waals surface area contributed by atoms with Crippen LogP contribution in [0, 0.1) is 0 Å². The highest BCUT2D eigenvalue weighted by Crippen LogP contribution is 2.61. The highest BCUT2D eigenvalue weighted by atomic mass is 16.4. The number of hydrogen-bond donors (Lipinski definition) is 17. The second-order valence-corrected chi connectivity index (χ2v) is 18.2. The molecule has 8 aromatic rings. The van der Waals surface area contributed by atoms with Crippen molar-refractivity contribution in [1.82, 2.24) is 9.13 Å². The summed E-state index contributed by atoms with van der Waals surface area (Å²) >= 11 is 0. The molecule has 370 valence electrons. The molecule has 19 heteroatoms. The Bertz CT molecular complexity index is 3310. The number of hydrogen-bond acceptors (Lipinski definition) is 17. The quantitative estimate of drug-likeness (QED) is 0.0337. The van der Waals surface area contributed by atoms with E-state index in [1.54, 1.807) is 65.8 Å². The van der Waals surface area contributed by atoms with Gasteiger partial charge in [0.2, 0.25) is 23.0 Å². The number of rotatable bonds is 4. The van der Waals surface area contributed by atoms with Gasteiger partial charge in [-0.25, -0.2) is 0 Å². The summed E-state index contributed by atoms with van der Waals surface area (Å²) in [6.07, 6.45) is 0. The maximum Gasteiger partial charge on any atom is 0.206 e. The summed E-state index contributed by atoms with van der Waals surface area (Å²) in [4.78, 5) is 0. The lowest BCUT2D eigenvalue weighted by Gasteiger charge is -2.23. The van der Waals surface area contributed by atoms with Crippen molar-refractivity contribution < 1.29 is 86.8 Å². The maximum absolute atomic E-state index is 11.7. The first-order valence-electron chi connectivity index (χ1n) is 21.4.